The first kappa shape index (κ1) is 19.5. The molecule has 0 unspecified atom stereocenters. The maximum Gasteiger partial charge on any atom is 0.277 e. The van der Waals surface area contributed by atoms with Crippen molar-refractivity contribution in [3.63, 3.8) is 0 Å². The van der Waals surface area contributed by atoms with Crippen molar-refractivity contribution >= 4 is 22.5 Å². The summed E-state index contributed by atoms with van der Waals surface area (Å²) in [5, 5.41) is 11.3. The summed E-state index contributed by atoms with van der Waals surface area (Å²) in [6.45, 7) is 1.78. The Balaban J connectivity index is 1.37. The average molecular weight is 379 g/mol. The van der Waals surface area contributed by atoms with Gasteiger partial charge in [0.15, 0.2) is 0 Å². The van der Waals surface area contributed by atoms with Crippen LogP contribution in [-0.4, -0.2) is 41.0 Å². The first-order chi connectivity index (χ1) is 13.6. The van der Waals surface area contributed by atoms with Crippen molar-refractivity contribution in [3.05, 3.63) is 65.0 Å². The number of aromatic nitrogens is 3. The van der Waals surface area contributed by atoms with Gasteiger partial charge in [0.1, 0.15) is 5.52 Å². The van der Waals surface area contributed by atoms with E-state index in [1.54, 1.807) is 18.2 Å². The summed E-state index contributed by atoms with van der Waals surface area (Å²) in [5.74, 6) is -0.0849. The molecule has 0 aliphatic heterocycles. The van der Waals surface area contributed by atoms with Crippen molar-refractivity contribution in [2.45, 2.75) is 25.8 Å². The standard InChI is InChI=1S/C21H25N5O2/c1-25(17-9-3-2-4-10-17)15-8-7-14-22-20(27)13-16-26-21(28)18-11-5-6-12-19(18)23-24-26/h2-6,9-12H,7-8,13-16H2,1H3,(H,22,27). The number of aryl methyl sites for hydroxylation is 1. The molecule has 0 fully saturated rings. The third kappa shape index (κ3) is 5.16. The quantitative estimate of drug-likeness (QED) is 0.577. The van der Waals surface area contributed by atoms with Gasteiger partial charge >= 0.3 is 0 Å². The van der Waals surface area contributed by atoms with Crippen LogP contribution >= 0.6 is 0 Å². The molecular formula is C21H25N5O2. The van der Waals surface area contributed by atoms with Gasteiger partial charge in [-0.2, -0.15) is 0 Å². The van der Waals surface area contributed by atoms with E-state index in [-0.39, 0.29) is 24.4 Å². The zero-order chi connectivity index (χ0) is 19.8. The van der Waals surface area contributed by atoms with Crippen molar-refractivity contribution in [2.24, 2.45) is 0 Å². The largest absolute Gasteiger partial charge is 0.375 e. The van der Waals surface area contributed by atoms with E-state index < -0.39 is 0 Å². The lowest BCUT2D eigenvalue weighted by molar-refractivity contribution is -0.121. The van der Waals surface area contributed by atoms with Crippen LogP contribution in [0.1, 0.15) is 19.3 Å². The van der Waals surface area contributed by atoms with E-state index >= 15 is 0 Å². The Morgan fingerprint density at radius 2 is 1.82 bits per heavy atom. The van der Waals surface area contributed by atoms with Crippen LogP contribution in [-0.2, 0) is 11.3 Å². The van der Waals surface area contributed by atoms with E-state index in [0.717, 1.165) is 19.4 Å². The number of benzene rings is 2. The number of anilines is 1. The minimum Gasteiger partial charge on any atom is -0.375 e. The highest BCUT2D eigenvalue weighted by Crippen LogP contribution is 2.11. The highest BCUT2D eigenvalue weighted by molar-refractivity contribution is 5.77. The van der Waals surface area contributed by atoms with E-state index in [9.17, 15) is 9.59 Å². The van der Waals surface area contributed by atoms with Crippen LogP contribution in [0.2, 0.25) is 0 Å². The van der Waals surface area contributed by atoms with Crippen LogP contribution in [0.25, 0.3) is 10.9 Å². The number of unbranched alkanes of at least 4 members (excludes halogenated alkanes) is 1. The van der Waals surface area contributed by atoms with Gasteiger partial charge in [0, 0.05) is 32.2 Å². The summed E-state index contributed by atoms with van der Waals surface area (Å²) in [6.07, 6.45) is 2.09. The zero-order valence-corrected chi connectivity index (χ0v) is 16.0. The number of amides is 1. The molecule has 0 aliphatic carbocycles. The summed E-state index contributed by atoms with van der Waals surface area (Å²) in [5.41, 5.74) is 1.53. The Morgan fingerprint density at radius 3 is 2.64 bits per heavy atom. The average Bonchev–Trinajstić information content (AvgIpc) is 2.73. The van der Waals surface area contributed by atoms with Gasteiger partial charge in [0.05, 0.1) is 11.9 Å². The van der Waals surface area contributed by atoms with Crippen LogP contribution < -0.4 is 15.8 Å². The molecule has 1 amide bonds. The summed E-state index contributed by atoms with van der Waals surface area (Å²) in [4.78, 5) is 26.6. The fourth-order valence-electron chi connectivity index (χ4n) is 2.98. The molecule has 3 aromatic rings. The molecule has 0 spiro atoms. The molecule has 7 nitrogen and oxygen atoms in total. The monoisotopic (exact) mass is 379 g/mol. The van der Waals surface area contributed by atoms with Crippen LogP contribution in [0.3, 0.4) is 0 Å². The first-order valence-corrected chi connectivity index (χ1v) is 9.50. The van der Waals surface area contributed by atoms with Gasteiger partial charge in [-0.1, -0.05) is 35.5 Å². The number of nitrogens with one attached hydrogen (secondary N) is 1. The summed E-state index contributed by atoms with van der Waals surface area (Å²) < 4.78 is 1.25. The fraction of sp³-hybridized carbons (Fsp3) is 0.333. The molecule has 146 valence electrons. The van der Waals surface area contributed by atoms with Crippen LogP contribution in [0.4, 0.5) is 5.69 Å². The smallest absolute Gasteiger partial charge is 0.277 e. The molecule has 28 heavy (non-hydrogen) atoms. The molecule has 1 N–H and O–H groups in total. The second-order valence-corrected chi connectivity index (χ2v) is 6.70. The highest BCUT2D eigenvalue weighted by Gasteiger charge is 2.07. The Kier molecular flexibility index (Phi) is 6.73. The summed E-state index contributed by atoms with van der Waals surface area (Å²) in [6, 6.07) is 17.3. The maximum absolute atomic E-state index is 12.3. The van der Waals surface area contributed by atoms with Crippen molar-refractivity contribution in [2.75, 3.05) is 25.0 Å². The lowest BCUT2D eigenvalue weighted by Crippen LogP contribution is -2.30. The van der Waals surface area contributed by atoms with E-state index in [2.05, 4.69) is 39.7 Å². The SMILES string of the molecule is CN(CCCCNC(=O)CCn1nnc2ccccc2c1=O)c1ccccc1. The molecule has 0 atom stereocenters. The van der Waals surface area contributed by atoms with Crippen molar-refractivity contribution in [1.82, 2.24) is 20.3 Å². The molecule has 0 saturated carbocycles. The Hall–Kier alpha value is -3.22. The second-order valence-electron chi connectivity index (χ2n) is 6.70. The minimum absolute atomic E-state index is 0.0849. The molecule has 0 bridgehead atoms. The van der Waals surface area contributed by atoms with Crippen molar-refractivity contribution < 1.29 is 4.79 Å². The maximum atomic E-state index is 12.3. The normalized spacial score (nSPS) is 10.8. The molecule has 0 aliphatic rings. The van der Waals surface area contributed by atoms with Gasteiger partial charge in [-0.3, -0.25) is 9.59 Å². The minimum atomic E-state index is -0.220. The summed E-state index contributed by atoms with van der Waals surface area (Å²) in [7, 11) is 2.07. The first-order valence-electron chi connectivity index (χ1n) is 9.50. The number of carbonyl (C=O) groups is 1. The van der Waals surface area contributed by atoms with Crippen molar-refractivity contribution in [1.29, 1.82) is 0 Å². The van der Waals surface area contributed by atoms with Gasteiger partial charge in [-0.05, 0) is 37.1 Å². The Morgan fingerprint density at radius 1 is 1.07 bits per heavy atom. The van der Waals surface area contributed by atoms with Crippen LogP contribution in [0.15, 0.2) is 59.4 Å². The van der Waals surface area contributed by atoms with E-state index in [1.165, 1.54) is 10.4 Å². The number of nitrogens with zero attached hydrogens (tertiary/aromatic N) is 4. The molecule has 1 aromatic heterocycles. The van der Waals surface area contributed by atoms with Gasteiger partial charge in [-0.25, -0.2) is 4.68 Å². The molecule has 0 saturated heterocycles. The predicted octanol–water partition coefficient (Wildman–Crippen LogP) is 2.21. The second kappa shape index (κ2) is 9.64. The van der Waals surface area contributed by atoms with Crippen molar-refractivity contribution in [3.8, 4) is 0 Å². The third-order valence-corrected chi connectivity index (χ3v) is 4.62. The van der Waals surface area contributed by atoms with Gasteiger partial charge in [-0.15, -0.1) is 5.10 Å². The predicted molar refractivity (Wildman–Crippen MR) is 110 cm³/mol. The van der Waals surface area contributed by atoms with Gasteiger partial charge in [0.2, 0.25) is 5.91 Å². The van der Waals surface area contributed by atoms with E-state index in [0.29, 0.717) is 17.4 Å². The third-order valence-electron chi connectivity index (χ3n) is 4.62. The van der Waals surface area contributed by atoms with Gasteiger partial charge < -0.3 is 10.2 Å². The lowest BCUT2D eigenvalue weighted by Gasteiger charge is -2.19. The lowest BCUT2D eigenvalue weighted by atomic mass is 10.2. The number of hydrogen-bond acceptors (Lipinski definition) is 5. The Labute approximate surface area is 164 Å². The zero-order valence-electron chi connectivity index (χ0n) is 16.0. The molecule has 3 rings (SSSR count). The van der Waals surface area contributed by atoms with Crippen LogP contribution in [0, 0.1) is 0 Å². The van der Waals surface area contributed by atoms with Crippen LogP contribution in [0.5, 0.6) is 0 Å². The molecular weight excluding hydrogens is 354 g/mol. The van der Waals surface area contributed by atoms with E-state index in [1.807, 2.05) is 24.3 Å². The topological polar surface area (TPSA) is 80.1 Å². The summed E-state index contributed by atoms with van der Waals surface area (Å²) >= 11 is 0. The van der Waals surface area contributed by atoms with Gasteiger partial charge in [0.25, 0.3) is 5.56 Å². The number of hydrogen-bond donors (Lipinski definition) is 1. The molecule has 2 aromatic carbocycles. The fourth-order valence-corrected chi connectivity index (χ4v) is 2.98. The number of rotatable bonds is 9. The van der Waals surface area contributed by atoms with E-state index in [4.69, 9.17) is 0 Å². The number of fused-ring (bicyclic) bond motifs is 1. The molecule has 7 heteroatoms. The number of para-hydroxylation sites is 1. The molecule has 1 heterocycles. The Bertz CT molecular complexity index is 971. The highest BCUT2D eigenvalue weighted by atomic mass is 16.2. The number of carbonyl (C=O) groups excluding carboxylic acids is 1. The molecule has 0 radical (unpaired) electrons.